The van der Waals surface area contributed by atoms with E-state index in [-0.39, 0.29) is 17.5 Å². The van der Waals surface area contributed by atoms with E-state index >= 15 is 0 Å². The molecule has 5 heteroatoms. The highest BCUT2D eigenvalue weighted by Crippen LogP contribution is 2.23. The first-order chi connectivity index (χ1) is 13.0. The van der Waals surface area contributed by atoms with Gasteiger partial charge in [-0.15, -0.1) is 11.8 Å². The Morgan fingerprint density at radius 2 is 1.67 bits per heavy atom. The molecule has 0 aliphatic carbocycles. The van der Waals surface area contributed by atoms with Crippen molar-refractivity contribution in [3.05, 3.63) is 77.6 Å². The molecule has 4 nitrogen and oxygen atoms in total. The SMILES string of the molecule is CC(=O)c1ccc(-c2ccc(C(=O)NCCSc3ccc(C)cc3)o2)cc1. The van der Waals surface area contributed by atoms with Crippen LogP contribution in [-0.4, -0.2) is 24.0 Å². The van der Waals surface area contributed by atoms with Gasteiger partial charge in [-0.25, -0.2) is 0 Å². The summed E-state index contributed by atoms with van der Waals surface area (Å²) in [6.45, 7) is 4.14. The van der Waals surface area contributed by atoms with E-state index in [2.05, 4.69) is 36.5 Å². The number of nitrogens with one attached hydrogen (secondary N) is 1. The number of ketones is 1. The average Bonchev–Trinajstić information content (AvgIpc) is 3.17. The van der Waals surface area contributed by atoms with Gasteiger partial charge in [-0.2, -0.15) is 0 Å². The highest BCUT2D eigenvalue weighted by molar-refractivity contribution is 7.99. The second-order valence-electron chi connectivity index (χ2n) is 6.21. The summed E-state index contributed by atoms with van der Waals surface area (Å²) in [6.07, 6.45) is 0. The van der Waals surface area contributed by atoms with E-state index < -0.39 is 0 Å². The number of hydrogen-bond donors (Lipinski definition) is 1. The van der Waals surface area contributed by atoms with Gasteiger partial charge in [-0.05, 0) is 38.1 Å². The number of furan rings is 1. The van der Waals surface area contributed by atoms with Gasteiger partial charge in [0.1, 0.15) is 5.76 Å². The lowest BCUT2D eigenvalue weighted by atomic mass is 10.1. The lowest BCUT2D eigenvalue weighted by Crippen LogP contribution is -2.25. The van der Waals surface area contributed by atoms with Gasteiger partial charge in [0.2, 0.25) is 0 Å². The molecule has 0 atom stereocenters. The summed E-state index contributed by atoms with van der Waals surface area (Å²) < 4.78 is 5.66. The minimum absolute atomic E-state index is 0.0181. The predicted octanol–water partition coefficient (Wildman–Crippen LogP) is 4.98. The highest BCUT2D eigenvalue weighted by Gasteiger charge is 2.12. The minimum atomic E-state index is -0.230. The summed E-state index contributed by atoms with van der Waals surface area (Å²) >= 11 is 1.70. The maximum Gasteiger partial charge on any atom is 0.287 e. The quantitative estimate of drug-likeness (QED) is 0.357. The van der Waals surface area contributed by atoms with Crippen LogP contribution in [0.25, 0.3) is 11.3 Å². The summed E-state index contributed by atoms with van der Waals surface area (Å²) in [5, 5.41) is 2.87. The van der Waals surface area contributed by atoms with Crippen molar-refractivity contribution in [3.8, 4) is 11.3 Å². The first-order valence-electron chi connectivity index (χ1n) is 8.72. The Morgan fingerprint density at radius 3 is 2.33 bits per heavy atom. The third-order valence-corrected chi connectivity index (χ3v) is 5.10. The van der Waals surface area contributed by atoms with Crippen LogP contribution in [0.3, 0.4) is 0 Å². The third-order valence-electron chi connectivity index (χ3n) is 4.08. The van der Waals surface area contributed by atoms with Gasteiger partial charge in [0.15, 0.2) is 11.5 Å². The summed E-state index contributed by atoms with van der Waals surface area (Å²) in [5.41, 5.74) is 2.71. The molecule has 138 valence electrons. The van der Waals surface area contributed by atoms with Gasteiger partial charge in [0.05, 0.1) is 0 Å². The number of benzene rings is 2. The van der Waals surface area contributed by atoms with Gasteiger partial charge >= 0.3 is 0 Å². The number of amides is 1. The van der Waals surface area contributed by atoms with Gasteiger partial charge in [-0.3, -0.25) is 9.59 Å². The highest BCUT2D eigenvalue weighted by atomic mass is 32.2. The molecule has 0 spiro atoms. The molecule has 27 heavy (non-hydrogen) atoms. The van der Waals surface area contributed by atoms with Crippen LogP contribution in [0, 0.1) is 6.92 Å². The number of carbonyl (C=O) groups is 2. The van der Waals surface area contributed by atoms with E-state index in [0.717, 1.165) is 11.3 Å². The number of hydrogen-bond acceptors (Lipinski definition) is 4. The lowest BCUT2D eigenvalue weighted by Gasteiger charge is -2.04. The molecule has 1 heterocycles. The van der Waals surface area contributed by atoms with E-state index in [4.69, 9.17) is 4.42 Å². The van der Waals surface area contributed by atoms with Crippen molar-refractivity contribution in [2.75, 3.05) is 12.3 Å². The molecule has 3 rings (SSSR count). The van der Waals surface area contributed by atoms with Gasteiger partial charge in [0, 0.05) is 28.3 Å². The Labute approximate surface area is 163 Å². The fraction of sp³-hybridized carbons (Fsp3) is 0.182. The zero-order valence-electron chi connectivity index (χ0n) is 15.3. The van der Waals surface area contributed by atoms with E-state index in [1.807, 2.05) is 12.1 Å². The minimum Gasteiger partial charge on any atom is -0.451 e. The maximum absolute atomic E-state index is 12.2. The van der Waals surface area contributed by atoms with Crippen LogP contribution >= 0.6 is 11.8 Å². The Kier molecular flexibility index (Phi) is 6.14. The van der Waals surface area contributed by atoms with Crippen LogP contribution in [0.4, 0.5) is 0 Å². The lowest BCUT2D eigenvalue weighted by molar-refractivity contribution is 0.0928. The first-order valence-corrected chi connectivity index (χ1v) is 9.70. The zero-order valence-corrected chi connectivity index (χ0v) is 16.1. The largest absolute Gasteiger partial charge is 0.451 e. The van der Waals surface area contributed by atoms with Crippen molar-refractivity contribution in [2.45, 2.75) is 18.7 Å². The number of thioether (sulfide) groups is 1. The van der Waals surface area contributed by atoms with E-state index in [0.29, 0.717) is 17.9 Å². The van der Waals surface area contributed by atoms with E-state index in [1.165, 1.54) is 17.4 Å². The van der Waals surface area contributed by atoms with Crippen molar-refractivity contribution < 1.29 is 14.0 Å². The number of Topliss-reactive ketones (excluding diaryl/α,β-unsaturated/α-hetero) is 1. The second kappa shape index (κ2) is 8.73. The third kappa shape index (κ3) is 5.11. The number of aryl methyl sites for hydroxylation is 1. The van der Waals surface area contributed by atoms with E-state index in [1.54, 1.807) is 36.0 Å². The van der Waals surface area contributed by atoms with Crippen LogP contribution in [0.5, 0.6) is 0 Å². The van der Waals surface area contributed by atoms with Crippen LogP contribution in [-0.2, 0) is 0 Å². The Bertz CT molecular complexity index is 927. The van der Waals surface area contributed by atoms with Crippen molar-refractivity contribution in [2.24, 2.45) is 0 Å². The molecule has 0 radical (unpaired) electrons. The fourth-order valence-electron chi connectivity index (χ4n) is 2.54. The molecule has 0 bridgehead atoms. The molecule has 0 unspecified atom stereocenters. The van der Waals surface area contributed by atoms with Crippen molar-refractivity contribution >= 4 is 23.5 Å². The first kappa shape index (κ1) is 19.0. The van der Waals surface area contributed by atoms with Crippen molar-refractivity contribution in [1.29, 1.82) is 0 Å². The number of rotatable bonds is 7. The molecule has 2 aromatic carbocycles. The second-order valence-corrected chi connectivity index (χ2v) is 7.38. The summed E-state index contributed by atoms with van der Waals surface area (Å²) in [5.74, 6) is 1.45. The molecule has 0 fully saturated rings. The molecule has 0 saturated heterocycles. The standard InChI is InChI=1S/C22H21NO3S/c1-15-3-9-19(10-4-15)27-14-13-23-22(25)21-12-11-20(26-21)18-7-5-17(6-8-18)16(2)24/h3-12H,13-14H2,1-2H3,(H,23,25). The zero-order chi connectivity index (χ0) is 19.2. The molecule has 1 N–H and O–H groups in total. The topological polar surface area (TPSA) is 59.3 Å². The van der Waals surface area contributed by atoms with Crippen molar-refractivity contribution in [1.82, 2.24) is 5.32 Å². The molecule has 0 aliphatic rings. The van der Waals surface area contributed by atoms with Crippen molar-refractivity contribution in [3.63, 3.8) is 0 Å². The normalized spacial score (nSPS) is 10.6. The number of carbonyl (C=O) groups excluding carboxylic acids is 2. The molecular weight excluding hydrogens is 358 g/mol. The molecule has 0 aliphatic heterocycles. The molecular formula is C22H21NO3S. The van der Waals surface area contributed by atoms with E-state index in [9.17, 15) is 9.59 Å². The summed E-state index contributed by atoms with van der Waals surface area (Å²) in [4.78, 5) is 24.8. The van der Waals surface area contributed by atoms with Gasteiger partial charge < -0.3 is 9.73 Å². The van der Waals surface area contributed by atoms with Crippen LogP contribution in [0.2, 0.25) is 0 Å². The Balaban J connectivity index is 1.52. The summed E-state index contributed by atoms with van der Waals surface area (Å²) in [6, 6.07) is 18.9. The molecule has 3 aromatic rings. The maximum atomic E-state index is 12.2. The monoisotopic (exact) mass is 379 g/mol. The smallest absolute Gasteiger partial charge is 0.287 e. The predicted molar refractivity (Wildman–Crippen MR) is 108 cm³/mol. The average molecular weight is 379 g/mol. The van der Waals surface area contributed by atoms with Crippen LogP contribution in [0.15, 0.2) is 70.0 Å². The Hall–Kier alpha value is -2.79. The fourth-order valence-corrected chi connectivity index (χ4v) is 3.31. The van der Waals surface area contributed by atoms with Crippen LogP contribution < -0.4 is 5.32 Å². The summed E-state index contributed by atoms with van der Waals surface area (Å²) in [7, 11) is 0. The van der Waals surface area contributed by atoms with Crippen LogP contribution in [0.1, 0.15) is 33.4 Å². The van der Waals surface area contributed by atoms with Gasteiger partial charge in [-0.1, -0.05) is 42.0 Å². The van der Waals surface area contributed by atoms with Gasteiger partial charge in [0.25, 0.3) is 5.91 Å². The Morgan fingerprint density at radius 1 is 0.963 bits per heavy atom. The molecule has 0 saturated carbocycles. The molecule has 1 amide bonds. The molecule has 1 aromatic heterocycles.